The predicted octanol–water partition coefficient (Wildman–Crippen LogP) is 3.35. The lowest BCUT2D eigenvalue weighted by Crippen LogP contribution is -2.50. The summed E-state index contributed by atoms with van der Waals surface area (Å²) < 4.78 is 0. The SMILES string of the molecule is O=C(CCC(=O)N1CCN(C(=O)CCC2CCCC2)CC1)c1cccs1. The summed E-state index contributed by atoms with van der Waals surface area (Å²) in [6, 6.07) is 3.65. The zero-order chi connectivity index (χ0) is 18.4. The first-order valence-corrected chi connectivity index (χ1v) is 10.6. The van der Waals surface area contributed by atoms with Crippen LogP contribution in [0, 0.1) is 5.92 Å². The smallest absolute Gasteiger partial charge is 0.223 e. The third kappa shape index (κ3) is 5.16. The van der Waals surface area contributed by atoms with Gasteiger partial charge in [-0.1, -0.05) is 31.7 Å². The van der Waals surface area contributed by atoms with E-state index < -0.39 is 0 Å². The number of carbonyl (C=O) groups is 3. The van der Waals surface area contributed by atoms with Gasteiger partial charge >= 0.3 is 0 Å². The van der Waals surface area contributed by atoms with Crippen molar-refractivity contribution >= 4 is 28.9 Å². The van der Waals surface area contributed by atoms with Gasteiger partial charge in [-0.05, 0) is 23.8 Å². The highest BCUT2D eigenvalue weighted by molar-refractivity contribution is 7.12. The number of nitrogens with zero attached hydrogens (tertiary/aromatic N) is 2. The summed E-state index contributed by atoms with van der Waals surface area (Å²) in [6.07, 6.45) is 7.37. The molecule has 2 heterocycles. The number of piperazine rings is 1. The second-order valence-corrected chi connectivity index (χ2v) is 8.30. The Hall–Kier alpha value is -1.69. The van der Waals surface area contributed by atoms with E-state index in [1.807, 2.05) is 16.3 Å². The lowest BCUT2D eigenvalue weighted by Gasteiger charge is -2.35. The standard InChI is InChI=1S/C20H28N2O3S/c23-17(18-6-3-15-26-18)8-10-20(25)22-13-11-21(12-14-22)19(24)9-7-16-4-1-2-5-16/h3,6,15-16H,1-2,4-5,7-14H2. The van der Waals surface area contributed by atoms with Crippen molar-refractivity contribution in [3.8, 4) is 0 Å². The van der Waals surface area contributed by atoms with Crippen LogP contribution in [-0.4, -0.2) is 53.6 Å². The molecule has 0 N–H and O–H groups in total. The van der Waals surface area contributed by atoms with Gasteiger partial charge in [-0.15, -0.1) is 11.3 Å². The Balaban J connectivity index is 1.35. The molecule has 2 aliphatic rings. The Labute approximate surface area is 159 Å². The van der Waals surface area contributed by atoms with Crippen molar-refractivity contribution in [2.24, 2.45) is 5.92 Å². The average molecular weight is 377 g/mol. The number of thiophene rings is 1. The number of amides is 2. The van der Waals surface area contributed by atoms with E-state index in [0.717, 1.165) is 17.2 Å². The van der Waals surface area contributed by atoms with Crippen molar-refractivity contribution in [1.82, 2.24) is 9.80 Å². The topological polar surface area (TPSA) is 57.7 Å². The van der Waals surface area contributed by atoms with Gasteiger partial charge in [0.15, 0.2) is 5.78 Å². The van der Waals surface area contributed by atoms with E-state index in [2.05, 4.69) is 0 Å². The summed E-state index contributed by atoms with van der Waals surface area (Å²) in [5.74, 6) is 1.03. The summed E-state index contributed by atoms with van der Waals surface area (Å²) >= 11 is 1.42. The fourth-order valence-corrected chi connectivity index (χ4v) is 4.62. The van der Waals surface area contributed by atoms with Gasteiger partial charge in [-0.2, -0.15) is 0 Å². The van der Waals surface area contributed by atoms with Gasteiger partial charge in [0.05, 0.1) is 4.88 Å². The predicted molar refractivity (Wildman–Crippen MR) is 102 cm³/mol. The van der Waals surface area contributed by atoms with Crippen molar-refractivity contribution in [3.63, 3.8) is 0 Å². The molecule has 1 aliphatic heterocycles. The van der Waals surface area contributed by atoms with Crippen LogP contribution in [-0.2, 0) is 9.59 Å². The van der Waals surface area contributed by atoms with Crippen molar-refractivity contribution in [3.05, 3.63) is 22.4 Å². The number of rotatable bonds is 7. The summed E-state index contributed by atoms with van der Waals surface area (Å²) in [5.41, 5.74) is 0. The molecule has 1 aromatic rings. The Kier molecular flexibility index (Phi) is 6.83. The van der Waals surface area contributed by atoms with Crippen LogP contribution in [0.15, 0.2) is 17.5 Å². The van der Waals surface area contributed by atoms with Gasteiger partial charge < -0.3 is 9.80 Å². The lowest BCUT2D eigenvalue weighted by molar-refractivity contribution is -0.139. The number of hydrogen-bond acceptors (Lipinski definition) is 4. The monoisotopic (exact) mass is 376 g/mol. The van der Waals surface area contributed by atoms with Gasteiger partial charge in [-0.3, -0.25) is 14.4 Å². The largest absolute Gasteiger partial charge is 0.339 e. The molecule has 0 unspecified atom stereocenters. The fourth-order valence-electron chi connectivity index (χ4n) is 3.93. The Morgan fingerprint density at radius 1 is 0.923 bits per heavy atom. The molecule has 1 aromatic heterocycles. The number of ketones is 1. The lowest BCUT2D eigenvalue weighted by atomic mass is 10.0. The van der Waals surface area contributed by atoms with Gasteiger partial charge in [0.2, 0.25) is 11.8 Å². The van der Waals surface area contributed by atoms with Crippen LogP contribution in [0.3, 0.4) is 0 Å². The highest BCUT2D eigenvalue weighted by Gasteiger charge is 2.25. The molecule has 3 rings (SSSR count). The molecule has 1 saturated carbocycles. The van der Waals surface area contributed by atoms with Crippen LogP contribution in [0.2, 0.25) is 0 Å². The molecular weight excluding hydrogens is 348 g/mol. The highest BCUT2D eigenvalue weighted by atomic mass is 32.1. The molecule has 0 spiro atoms. The van der Waals surface area contributed by atoms with E-state index in [-0.39, 0.29) is 30.4 Å². The number of Topliss-reactive ketones (excluding diaryl/α,β-unsaturated/α-hetero) is 1. The number of hydrogen-bond donors (Lipinski definition) is 0. The minimum Gasteiger partial charge on any atom is -0.339 e. The van der Waals surface area contributed by atoms with Gasteiger partial charge in [-0.25, -0.2) is 0 Å². The summed E-state index contributed by atoms with van der Waals surface area (Å²) in [7, 11) is 0. The van der Waals surface area contributed by atoms with Crippen molar-refractivity contribution in [1.29, 1.82) is 0 Å². The zero-order valence-corrected chi connectivity index (χ0v) is 16.1. The van der Waals surface area contributed by atoms with E-state index in [1.165, 1.54) is 37.0 Å². The van der Waals surface area contributed by atoms with Gasteiger partial charge in [0, 0.05) is 45.4 Å². The van der Waals surface area contributed by atoms with E-state index in [9.17, 15) is 14.4 Å². The molecular formula is C20H28N2O3S. The maximum atomic E-state index is 12.4. The molecule has 2 amide bonds. The van der Waals surface area contributed by atoms with Crippen molar-refractivity contribution in [2.75, 3.05) is 26.2 Å². The summed E-state index contributed by atoms with van der Waals surface area (Å²) in [4.78, 5) is 41.1. The maximum absolute atomic E-state index is 12.4. The highest BCUT2D eigenvalue weighted by Crippen LogP contribution is 2.28. The van der Waals surface area contributed by atoms with E-state index in [0.29, 0.717) is 32.6 Å². The minimum atomic E-state index is 0.0213. The normalized spacial score (nSPS) is 18.3. The molecule has 0 atom stereocenters. The summed E-state index contributed by atoms with van der Waals surface area (Å²) in [5, 5.41) is 1.87. The van der Waals surface area contributed by atoms with Crippen molar-refractivity contribution in [2.45, 2.75) is 51.4 Å². The first kappa shape index (κ1) is 19.1. The van der Waals surface area contributed by atoms with E-state index in [4.69, 9.17) is 0 Å². The minimum absolute atomic E-state index is 0.0213. The van der Waals surface area contributed by atoms with Crippen LogP contribution < -0.4 is 0 Å². The fraction of sp³-hybridized carbons (Fsp3) is 0.650. The number of carbonyl (C=O) groups excluding carboxylic acids is 3. The molecule has 6 heteroatoms. The van der Waals surface area contributed by atoms with Crippen LogP contribution >= 0.6 is 11.3 Å². The quantitative estimate of drug-likeness (QED) is 0.686. The molecule has 5 nitrogen and oxygen atoms in total. The third-order valence-corrected chi connectivity index (χ3v) is 6.50. The first-order chi connectivity index (χ1) is 12.6. The Morgan fingerprint density at radius 2 is 1.54 bits per heavy atom. The van der Waals surface area contributed by atoms with E-state index in [1.54, 1.807) is 11.0 Å². The Bertz CT molecular complexity index is 615. The molecule has 1 saturated heterocycles. The molecule has 0 bridgehead atoms. The van der Waals surface area contributed by atoms with Crippen LogP contribution in [0.1, 0.15) is 61.0 Å². The molecule has 142 valence electrons. The Morgan fingerprint density at radius 3 is 2.12 bits per heavy atom. The van der Waals surface area contributed by atoms with Crippen LogP contribution in [0.25, 0.3) is 0 Å². The third-order valence-electron chi connectivity index (χ3n) is 5.59. The van der Waals surface area contributed by atoms with Crippen LogP contribution in [0.4, 0.5) is 0 Å². The molecule has 26 heavy (non-hydrogen) atoms. The summed E-state index contributed by atoms with van der Waals surface area (Å²) in [6.45, 7) is 2.41. The second-order valence-electron chi connectivity index (χ2n) is 7.35. The van der Waals surface area contributed by atoms with Gasteiger partial charge in [0.25, 0.3) is 0 Å². The molecule has 0 radical (unpaired) electrons. The van der Waals surface area contributed by atoms with Gasteiger partial charge in [0.1, 0.15) is 0 Å². The van der Waals surface area contributed by atoms with Crippen LogP contribution in [0.5, 0.6) is 0 Å². The second kappa shape index (κ2) is 9.31. The first-order valence-electron chi connectivity index (χ1n) is 9.76. The molecule has 1 aliphatic carbocycles. The average Bonchev–Trinajstić information content (AvgIpc) is 3.38. The van der Waals surface area contributed by atoms with Crippen molar-refractivity contribution < 1.29 is 14.4 Å². The maximum Gasteiger partial charge on any atom is 0.223 e. The zero-order valence-electron chi connectivity index (χ0n) is 15.3. The molecule has 2 fully saturated rings. The van der Waals surface area contributed by atoms with E-state index >= 15 is 0 Å². The molecule has 0 aromatic carbocycles.